The van der Waals surface area contributed by atoms with E-state index in [9.17, 15) is 4.79 Å². The Kier molecular flexibility index (Phi) is 7.40. The second-order valence-electron chi connectivity index (χ2n) is 5.69. The van der Waals surface area contributed by atoms with Crippen molar-refractivity contribution in [3.05, 3.63) is 45.4 Å². The highest BCUT2D eigenvalue weighted by Crippen LogP contribution is 2.17. The van der Waals surface area contributed by atoms with Crippen molar-refractivity contribution >= 4 is 23.2 Å². The van der Waals surface area contributed by atoms with Gasteiger partial charge in [0.15, 0.2) is 12.6 Å². The minimum absolute atomic E-state index is 0.134. The Morgan fingerprint density at radius 1 is 1.35 bits per heavy atom. The van der Waals surface area contributed by atoms with E-state index in [1.807, 2.05) is 39.0 Å². The molecule has 26 heavy (non-hydrogen) atoms. The summed E-state index contributed by atoms with van der Waals surface area (Å²) < 4.78 is 5.32. The molecule has 0 aliphatic carbocycles. The number of ether oxygens (including phenoxy) is 1. The molecule has 0 spiro atoms. The van der Waals surface area contributed by atoms with E-state index in [2.05, 4.69) is 20.6 Å². The van der Waals surface area contributed by atoms with Crippen LogP contribution in [-0.2, 0) is 17.9 Å². The Balaban J connectivity index is 1.98. The van der Waals surface area contributed by atoms with Gasteiger partial charge in [-0.05, 0) is 38.5 Å². The van der Waals surface area contributed by atoms with Crippen molar-refractivity contribution in [2.24, 2.45) is 10.7 Å². The van der Waals surface area contributed by atoms with Crippen LogP contribution in [0.2, 0.25) is 0 Å². The summed E-state index contributed by atoms with van der Waals surface area (Å²) in [4.78, 5) is 21.1. The number of aromatic nitrogens is 1. The Labute approximate surface area is 157 Å². The summed E-state index contributed by atoms with van der Waals surface area (Å²) in [6.45, 7) is 7.86. The van der Waals surface area contributed by atoms with E-state index in [1.165, 1.54) is 4.88 Å². The van der Waals surface area contributed by atoms with Crippen molar-refractivity contribution in [3.63, 3.8) is 0 Å². The number of amides is 1. The summed E-state index contributed by atoms with van der Waals surface area (Å²) in [5, 5.41) is 7.63. The summed E-state index contributed by atoms with van der Waals surface area (Å²) in [6, 6.07) is 7.47. The predicted molar refractivity (Wildman–Crippen MR) is 104 cm³/mol. The Bertz CT molecular complexity index is 773. The number of aryl methyl sites for hydroxylation is 2. The summed E-state index contributed by atoms with van der Waals surface area (Å²) in [5.41, 5.74) is 7.13. The molecule has 1 aromatic heterocycles. The number of carbonyl (C=O) groups excluding carboxylic acids is 1. The number of guanidine groups is 1. The number of carbonyl (C=O) groups is 1. The first-order valence-electron chi connectivity index (χ1n) is 8.43. The molecule has 0 radical (unpaired) electrons. The van der Waals surface area contributed by atoms with Crippen LogP contribution in [0, 0.1) is 13.8 Å². The molecule has 1 heterocycles. The molecule has 2 rings (SSSR count). The Hall–Kier alpha value is -2.61. The zero-order valence-electron chi connectivity index (χ0n) is 15.3. The fourth-order valence-corrected chi connectivity index (χ4v) is 3.18. The molecule has 0 atom stereocenters. The van der Waals surface area contributed by atoms with Gasteiger partial charge in [0.2, 0.25) is 0 Å². The minimum Gasteiger partial charge on any atom is -0.484 e. The van der Waals surface area contributed by atoms with Gasteiger partial charge in [0.25, 0.3) is 5.91 Å². The molecule has 0 bridgehead atoms. The van der Waals surface area contributed by atoms with Crippen LogP contribution in [0.15, 0.2) is 29.3 Å². The van der Waals surface area contributed by atoms with Crippen molar-refractivity contribution in [2.45, 2.75) is 33.9 Å². The number of nitrogens with one attached hydrogen (secondary N) is 2. The van der Waals surface area contributed by atoms with Gasteiger partial charge in [-0.3, -0.25) is 4.79 Å². The number of hydrogen-bond acceptors (Lipinski definition) is 5. The molecule has 8 heteroatoms. The predicted octanol–water partition coefficient (Wildman–Crippen LogP) is 1.88. The van der Waals surface area contributed by atoms with Gasteiger partial charge in [-0.1, -0.05) is 12.1 Å². The zero-order valence-corrected chi connectivity index (χ0v) is 16.2. The maximum atomic E-state index is 10.8. The first kappa shape index (κ1) is 19.7. The van der Waals surface area contributed by atoms with Crippen LogP contribution < -0.4 is 21.1 Å². The first-order chi connectivity index (χ1) is 12.5. The summed E-state index contributed by atoms with van der Waals surface area (Å²) >= 11 is 1.69. The number of primary amides is 1. The largest absolute Gasteiger partial charge is 0.484 e. The van der Waals surface area contributed by atoms with Crippen molar-refractivity contribution in [2.75, 3.05) is 13.2 Å². The molecule has 0 aliphatic heterocycles. The Morgan fingerprint density at radius 2 is 2.15 bits per heavy atom. The van der Waals surface area contributed by atoms with Crippen LogP contribution >= 0.6 is 11.3 Å². The normalized spacial score (nSPS) is 11.3. The number of nitrogens with zero attached hydrogens (tertiary/aromatic N) is 2. The molecule has 0 saturated carbocycles. The molecule has 4 N–H and O–H groups in total. The molecule has 1 amide bonds. The quantitative estimate of drug-likeness (QED) is 0.483. The van der Waals surface area contributed by atoms with Crippen molar-refractivity contribution in [1.82, 2.24) is 15.6 Å². The number of hydrogen-bond donors (Lipinski definition) is 3. The zero-order chi connectivity index (χ0) is 18.9. The number of nitrogens with two attached hydrogens (primary N) is 1. The third-order valence-corrected chi connectivity index (χ3v) is 4.53. The molecule has 0 unspecified atom stereocenters. The second kappa shape index (κ2) is 9.76. The van der Waals surface area contributed by atoms with E-state index in [-0.39, 0.29) is 6.61 Å². The van der Waals surface area contributed by atoms with Gasteiger partial charge < -0.3 is 21.1 Å². The van der Waals surface area contributed by atoms with Crippen LogP contribution in [0.3, 0.4) is 0 Å². The van der Waals surface area contributed by atoms with Crippen molar-refractivity contribution in [1.29, 1.82) is 0 Å². The van der Waals surface area contributed by atoms with Gasteiger partial charge in [-0.25, -0.2) is 9.98 Å². The molecular weight excluding hydrogens is 350 g/mol. The van der Waals surface area contributed by atoms with Gasteiger partial charge in [-0.15, -0.1) is 11.3 Å². The highest BCUT2D eigenvalue weighted by Gasteiger charge is 2.06. The lowest BCUT2D eigenvalue weighted by molar-refractivity contribution is -0.119. The van der Waals surface area contributed by atoms with Crippen LogP contribution in [0.1, 0.15) is 28.1 Å². The molecule has 7 nitrogen and oxygen atoms in total. The van der Waals surface area contributed by atoms with Gasteiger partial charge in [-0.2, -0.15) is 0 Å². The van der Waals surface area contributed by atoms with Crippen LogP contribution in [-0.4, -0.2) is 30.0 Å². The molecule has 0 saturated heterocycles. The highest BCUT2D eigenvalue weighted by molar-refractivity contribution is 7.11. The van der Waals surface area contributed by atoms with E-state index in [0.29, 0.717) is 18.8 Å². The Morgan fingerprint density at radius 3 is 2.81 bits per heavy atom. The van der Waals surface area contributed by atoms with Crippen LogP contribution in [0.4, 0.5) is 0 Å². The minimum atomic E-state index is -0.499. The number of aliphatic imine (C=N–C) groups is 1. The summed E-state index contributed by atoms with van der Waals surface area (Å²) in [5.74, 6) is 0.840. The van der Waals surface area contributed by atoms with E-state index >= 15 is 0 Å². The maximum Gasteiger partial charge on any atom is 0.255 e. The summed E-state index contributed by atoms with van der Waals surface area (Å²) in [6.07, 6.45) is 0. The average Bonchev–Trinajstić information content (AvgIpc) is 2.93. The fraction of sp³-hybridized carbons (Fsp3) is 0.389. The highest BCUT2D eigenvalue weighted by atomic mass is 32.1. The van der Waals surface area contributed by atoms with E-state index in [1.54, 1.807) is 17.4 Å². The monoisotopic (exact) mass is 375 g/mol. The van der Waals surface area contributed by atoms with Gasteiger partial charge in [0.1, 0.15) is 5.75 Å². The third-order valence-electron chi connectivity index (χ3n) is 3.46. The van der Waals surface area contributed by atoms with Crippen LogP contribution in [0.25, 0.3) is 0 Å². The number of thiazole rings is 1. The molecule has 140 valence electrons. The molecule has 0 aliphatic rings. The topological polar surface area (TPSA) is 102 Å². The summed E-state index contributed by atoms with van der Waals surface area (Å²) in [7, 11) is 0. The molecule has 0 fully saturated rings. The van der Waals surface area contributed by atoms with E-state index in [0.717, 1.165) is 28.8 Å². The number of benzene rings is 1. The molecule has 2 aromatic rings. The first-order valence-corrected chi connectivity index (χ1v) is 9.24. The van der Waals surface area contributed by atoms with E-state index < -0.39 is 5.91 Å². The van der Waals surface area contributed by atoms with Gasteiger partial charge >= 0.3 is 0 Å². The average molecular weight is 375 g/mol. The number of rotatable bonds is 8. The van der Waals surface area contributed by atoms with Crippen molar-refractivity contribution < 1.29 is 9.53 Å². The second-order valence-corrected chi connectivity index (χ2v) is 6.98. The maximum absolute atomic E-state index is 10.8. The molecule has 1 aromatic carbocycles. The fourth-order valence-electron chi connectivity index (χ4n) is 2.30. The van der Waals surface area contributed by atoms with Gasteiger partial charge in [0.05, 0.1) is 23.8 Å². The smallest absolute Gasteiger partial charge is 0.255 e. The lowest BCUT2D eigenvalue weighted by Crippen LogP contribution is -2.36. The third kappa shape index (κ3) is 6.36. The standard InChI is InChI=1S/C18H25N5O2S/c1-4-20-18(22-10-16-12(2)23-13(3)26-16)21-9-14-6-5-7-15(8-14)25-11-17(19)24/h5-8H,4,9-11H2,1-3H3,(H2,19,24)(H2,20,21,22). The molecular formula is C18H25N5O2S. The van der Waals surface area contributed by atoms with Crippen molar-refractivity contribution in [3.8, 4) is 5.75 Å². The SMILES string of the molecule is CCNC(=NCc1cccc(OCC(N)=O)c1)NCc1sc(C)nc1C. The lowest BCUT2D eigenvalue weighted by atomic mass is 10.2. The van der Waals surface area contributed by atoms with Crippen LogP contribution in [0.5, 0.6) is 5.75 Å². The lowest BCUT2D eigenvalue weighted by Gasteiger charge is -2.11. The van der Waals surface area contributed by atoms with Gasteiger partial charge in [0, 0.05) is 11.4 Å². The van der Waals surface area contributed by atoms with E-state index in [4.69, 9.17) is 10.5 Å².